The van der Waals surface area contributed by atoms with Gasteiger partial charge in [-0.25, -0.2) is 9.37 Å². The molecule has 0 spiro atoms. The normalized spacial score (nSPS) is 10.8. The first-order chi connectivity index (χ1) is 10.2. The molecule has 2 aromatic carbocycles. The maximum Gasteiger partial charge on any atom is 0.227 e. The molecular formula is C16H12BrFN2O. The van der Waals surface area contributed by atoms with E-state index < -0.39 is 0 Å². The van der Waals surface area contributed by atoms with Gasteiger partial charge < -0.3 is 10.5 Å². The average molecular weight is 347 g/mol. The van der Waals surface area contributed by atoms with Crippen LogP contribution < -0.4 is 10.5 Å². The molecule has 0 aliphatic heterocycles. The highest BCUT2D eigenvalue weighted by atomic mass is 79.9. The third kappa shape index (κ3) is 2.75. The smallest absolute Gasteiger partial charge is 0.227 e. The van der Waals surface area contributed by atoms with E-state index in [4.69, 9.17) is 10.5 Å². The molecule has 3 nitrogen and oxygen atoms in total. The Morgan fingerprint density at radius 2 is 2.00 bits per heavy atom. The number of aromatic nitrogens is 1. The molecule has 3 rings (SSSR count). The minimum Gasteiger partial charge on any atom is -0.438 e. The van der Waals surface area contributed by atoms with Gasteiger partial charge in [0.1, 0.15) is 11.6 Å². The number of fused-ring (bicyclic) bond motifs is 1. The Morgan fingerprint density at radius 1 is 1.14 bits per heavy atom. The van der Waals surface area contributed by atoms with Gasteiger partial charge in [-0.1, -0.05) is 28.1 Å². The van der Waals surface area contributed by atoms with Crippen molar-refractivity contribution in [1.82, 2.24) is 4.98 Å². The second-order valence-electron chi connectivity index (χ2n) is 4.51. The van der Waals surface area contributed by atoms with E-state index in [0.717, 1.165) is 15.2 Å². The fourth-order valence-corrected chi connectivity index (χ4v) is 2.59. The summed E-state index contributed by atoms with van der Waals surface area (Å²) in [5, 5.41) is 1.84. The highest BCUT2D eigenvalue weighted by Gasteiger charge is 2.09. The standard InChI is InChI=1S/C16H12BrFN2O/c17-14-3-1-2-13-12(14)6-7-20-16(13)21-11-5-4-10(9-19)15(18)8-11/h1-8H,9,19H2. The Kier molecular flexibility index (Phi) is 3.86. The van der Waals surface area contributed by atoms with Gasteiger partial charge in [0.05, 0.1) is 0 Å². The Balaban J connectivity index is 2.02. The predicted molar refractivity (Wildman–Crippen MR) is 83.8 cm³/mol. The fraction of sp³-hybridized carbons (Fsp3) is 0.0625. The van der Waals surface area contributed by atoms with Gasteiger partial charge in [-0.2, -0.15) is 0 Å². The van der Waals surface area contributed by atoms with Crippen LogP contribution >= 0.6 is 15.9 Å². The number of hydrogen-bond donors (Lipinski definition) is 1. The summed E-state index contributed by atoms with van der Waals surface area (Å²) >= 11 is 3.49. The van der Waals surface area contributed by atoms with E-state index in [2.05, 4.69) is 20.9 Å². The van der Waals surface area contributed by atoms with Crippen molar-refractivity contribution >= 4 is 26.7 Å². The van der Waals surface area contributed by atoms with E-state index >= 15 is 0 Å². The zero-order valence-electron chi connectivity index (χ0n) is 11.0. The minimum absolute atomic E-state index is 0.158. The van der Waals surface area contributed by atoms with E-state index in [1.165, 1.54) is 6.07 Å². The van der Waals surface area contributed by atoms with Crippen molar-refractivity contribution < 1.29 is 9.13 Å². The van der Waals surface area contributed by atoms with Crippen molar-refractivity contribution in [3.8, 4) is 11.6 Å². The van der Waals surface area contributed by atoms with E-state index in [1.807, 2.05) is 24.3 Å². The van der Waals surface area contributed by atoms with Gasteiger partial charge in [0.2, 0.25) is 5.88 Å². The third-order valence-electron chi connectivity index (χ3n) is 3.18. The molecule has 0 atom stereocenters. The topological polar surface area (TPSA) is 48.1 Å². The van der Waals surface area contributed by atoms with Crippen LogP contribution in [0.4, 0.5) is 4.39 Å². The number of ether oxygens (including phenoxy) is 1. The fourth-order valence-electron chi connectivity index (χ4n) is 2.09. The Hall–Kier alpha value is -1.98. The molecule has 0 saturated heterocycles. The van der Waals surface area contributed by atoms with E-state index in [0.29, 0.717) is 17.2 Å². The zero-order valence-corrected chi connectivity index (χ0v) is 12.6. The molecule has 5 heteroatoms. The van der Waals surface area contributed by atoms with Crippen LogP contribution in [0.2, 0.25) is 0 Å². The van der Waals surface area contributed by atoms with Gasteiger partial charge in [-0.05, 0) is 24.3 Å². The number of hydrogen-bond acceptors (Lipinski definition) is 3. The van der Waals surface area contributed by atoms with Gasteiger partial charge in [-0.15, -0.1) is 0 Å². The van der Waals surface area contributed by atoms with Crippen molar-refractivity contribution in [1.29, 1.82) is 0 Å². The Bertz CT molecular complexity index is 807. The average Bonchev–Trinajstić information content (AvgIpc) is 2.49. The summed E-state index contributed by atoms with van der Waals surface area (Å²) < 4.78 is 20.4. The Morgan fingerprint density at radius 3 is 2.76 bits per heavy atom. The first-order valence-electron chi connectivity index (χ1n) is 6.38. The highest BCUT2D eigenvalue weighted by Crippen LogP contribution is 2.32. The molecule has 0 radical (unpaired) electrons. The zero-order chi connectivity index (χ0) is 14.8. The maximum atomic E-state index is 13.7. The summed E-state index contributed by atoms with van der Waals surface area (Å²) in [6.07, 6.45) is 1.66. The summed E-state index contributed by atoms with van der Waals surface area (Å²) in [5.74, 6) is 0.454. The van der Waals surface area contributed by atoms with Crippen molar-refractivity contribution in [2.45, 2.75) is 6.54 Å². The van der Waals surface area contributed by atoms with E-state index in [1.54, 1.807) is 18.3 Å². The van der Waals surface area contributed by atoms with Crippen molar-refractivity contribution in [3.63, 3.8) is 0 Å². The lowest BCUT2D eigenvalue weighted by molar-refractivity contribution is 0.463. The molecule has 0 aliphatic rings. The lowest BCUT2D eigenvalue weighted by Gasteiger charge is -2.09. The van der Waals surface area contributed by atoms with Crippen molar-refractivity contribution in [2.24, 2.45) is 5.73 Å². The van der Waals surface area contributed by atoms with Crippen LogP contribution in [-0.4, -0.2) is 4.98 Å². The van der Waals surface area contributed by atoms with Crippen LogP contribution in [-0.2, 0) is 6.54 Å². The van der Waals surface area contributed by atoms with Gasteiger partial charge in [0.25, 0.3) is 0 Å². The molecule has 21 heavy (non-hydrogen) atoms. The van der Waals surface area contributed by atoms with Gasteiger partial charge in [0.15, 0.2) is 0 Å². The lowest BCUT2D eigenvalue weighted by atomic mass is 10.2. The summed E-state index contributed by atoms with van der Waals surface area (Å²) in [4.78, 5) is 4.23. The number of rotatable bonds is 3. The summed E-state index contributed by atoms with van der Waals surface area (Å²) in [6, 6.07) is 12.3. The summed E-state index contributed by atoms with van der Waals surface area (Å²) in [6.45, 7) is 0.158. The predicted octanol–water partition coefficient (Wildman–Crippen LogP) is 4.39. The number of pyridine rings is 1. The molecular weight excluding hydrogens is 335 g/mol. The molecule has 0 fully saturated rings. The molecule has 2 N–H and O–H groups in total. The first-order valence-corrected chi connectivity index (χ1v) is 7.18. The summed E-state index contributed by atoms with van der Waals surface area (Å²) in [7, 11) is 0. The second kappa shape index (κ2) is 5.79. The molecule has 106 valence electrons. The van der Waals surface area contributed by atoms with E-state index in [-0.39, 0.29) is 12.4 Å². The van der Waals surface area contributed by atoms with Crippen LogP contribution in [0, 0.1) is 5.82 Å². The molecule has 1 aromatic heterocycles. The molecule has 1 heterocycles. The molecule has 0 amide bonds. The lowest BCUT2D eigenvalue weighted by Crippen LogP contribution is -2.00. The maximum absolute atomic E-state index is 13.7. The molecule has 0 aliphatic carbocycles. The van der Waals surface area contributed by atoms with Crippen molar-refractivity contribution in [3.05, 3.63) is 64.5 Å². The monoisotopic (exact) mass is 346 g/mol. The first kappa shape index (κ1) is 14.0. The number of nitrogens with two attached hydrogens (primary N) is 1. The van der Waals surface area contributed by atoms with Gasteiger partial charge >= 0.3 is 0 Å². The van der Waals surface area contributed by atoms with Crippen LogP contribution in [0.1, 0.15) is 5.56 Å². The number of benzene rings is 2. The Labute approximate surface area is 129 Å². The van der Waals surface area contributed by atoms with Crippen LogP contribution in [0.15, 0.2) is 53.1 Å². The van der Waals surface area contributed by atoms with Gasteiger partial charge in [0, 0.05) is 39.6 Å². The molecule has 0 saturated carbocycles. The van der Waals surface area contributed by atoms with Crippen LogP contribution in [0.5, 0.6) is 11.6 Å². The molecule has 0 bridgehead atoms. The highest BCUT2D eigenvalue weighted by molar-refractivity contribution is 9.10. The molecule has 3 aromatic rings. The number of nitrogens with zero attached hydrogens (tertiary/aromatic N) is 1. The molecule has 0 unspecified atom stereocenters. The van der Waals surface area contributed by atoms with Gasteiger partial charge in [-0.3, -0.25) is 0 Å². The second-order valence-corrected chi connectivity index (χ2v) is 5.36. The summed E-state index contributed by atoms with van der Waals surface area (Å²) in [5.41, 5.74) is 5.90. The quantitative estimate of drug-likeness (QED) is 0.765. The van der Waals surface area contributed by atoms with Crippen LogP contribution in [0.3, 0.4) is 0 Å². The van der Waals surface area contributed by atoms with Crippen molar-refractivity contribution in [2.75, 3.05) is 0 Å². The van der Waals surface area contributed by atoms with E-state index in [9.17, 15) is 4.39 Å². The largest absolute Gasteiger partial charge is 0.438 e. The minimum atomic E-state index is -0.378. The number of halogens is 2. The SMILES string of the molecule is NCc1ccc(Oc2nccc3c(Br)cccc23)cc1F. The third-order valence-corrected chi connectivity index (χ3v) is 3.87. The van der Waals surface area contributed by atoms with Crippen LogP contribution in [0.25, 0.3) is 10.8 Å².